The number of carboxylic acid groups (broad SMARTS) is 1. The van der Waals surface area contributed by atoms with Gasteiger partial charge in [0.15, 0.2) is 5.69 Å². The second-order valence-electron chi connectivity index (χ2n) is 4.20. The Balaban J connectivity index is 2.21. The van der Waals surface area contributed by atoms with Crippen molar-refractivity contribution in [3.05, 3.63) is 33.5 Å². The molecule has 7 heteroatoms. The van der Waals surface area contributed by atoms with Gasteiger partial charge in [-0.3, -0.25) is 0 Å². The Labute approximate surface area is 114 Å². The van der Waals surface area contributed by atoms with Gasteiger partial charge in [0.25, 0.3) is 0 Å². The summed E-state index contributed by atoms with van der Waals surface area (Å²) in [7, 11) is 0. The lowest BCUT2D eigenvalue weighted by atomic mass is 10.3. The number of carboxylic acids is 1. The van der Waals surface area contributed by atoms with Crippen LogP contribution in [0.1, 0.15) is 39.0 Å². The lowest BCUT2D eigenvalue weighted by Gasteiger charge is -2.11. The van der Waals surface area contributed by atoms with Gasteiger partial charge in [-0.15, -0.1) is 11.3 Å². The number of aryl methyl sites for hydroxylation is 2. The van der Waals surface area contributed by atoms with Crippen molar-refractivity contribution in [2.75, 3.05) is 5.32 Å². The molecule has 0 saturated carbocycles. The molecule has 0 aliphatic carbocycles. The molecule has 6 nitrogen and oxygen atoms in total. The first-order valence-corrected chi connectivity index (χ1v) is 6.55. The molecular formula is C12H14N4O2S. The molecule has 0 bridgehead atoms. The first kappa shape index (κ1) is 13.4. The smallest absolute Gasteiger partial charge is 0.354 e. The van der Waals surface area contributed by atoms with Crippen LogP contribution in [0.25, 0.3) is 0 Å². The minimum atomic E-state index is -1.06. The van der Waals surface area contributed by atoms with Gasteiger partial charge in [0.05, 0.1) is 6.04 Å². The van der Waals surface area contributed by atoms with E-state index in [1.807, 2.05) is 13.8 Å². The summed E-state index contributed by atoms with van der Waals surface area (Å²) >= 11 is 1.58. The van der Waals surface area contributed by atoms with Crippen LogP contribution in [-0.4, -0.2) is 26.0 Å². The molecule has 0 amide bonds. The van der Waals surface area contributed by atoms with Crippen molar-refractivity contribution in [3.8, 4) is 0 Å². The summed E-state index contributed by atoms with van der Waals surface area (Å²) in [6.45, 7) is 5.65. The van der Waals surface area contributed by atoms with E-state index in [4.69, 9.17) is 5.11 Å². The van der Waals surface area contributed by atoms with Gasteiger partial charge in [-0.1, -0.05) is 0 Å². The molecule has 19 heavy (non-hydrogen) atoms. The van der Waals surface area contributed by atoms with Gasteiger partial charge in [-0.25, -0.2) is 19.7 Å². The van der Waals surface area contributed by atoms with Gasteiger partial charge in [0.2, 0.25) is 5.95 Å². The Bertz CT molecular complexity index is 612. The fourth-order valence-corrected chi connectivity index (χ4v) is 2.35. The van der Waals surface area contributed by atoms with E-state index in [0.29, 0.717) is 11.6 Å². The number of nitrogens with one attached hydrogen (secondary N) is 1. The summed E-state index contributed by atoms with van der Waals surface area (Å²) in [5.41, 5.74) is 0.593. The molecule has 0 aromatic carbocycles. The normalized spacial score (nSPS) is 12.2. The molecule has 0 aliphatic rings. The molecule has 1 unspecified atom stereocenters. The lowest BCUT2D eigenvalue weighted by molar-refractivity contribution is 0.0690. The Kier molecular flexibility index (Phi) is 3.75. The number of anilines is 1. The number of aromatic nitrogens is 3. The van der Waals surface area contributed by atoms with Crippen LogP contribution in [0.5, 0.6) is 0 Å². The maximum absolute atomic E-state index is 10.9. The predicted octanol–water partition coefficient (Wildman–Crippen LogP) is 2.42. The van der Waals surface area contributed by atoms with Crippen molar-refractivity contribution in [1.29, 1.82) is 0 Å². The molecule has 0 spiro atoms. The van der Waals surface area contributed by atoms with Gasteiger partial charge in [-0.2, -0.15) is 0 Å². The topological polar surface area (TPSA) is 88.0 Å². The third kappa shape index (κ3) is 3.25. The second-order valence-corrected chi connectivity index (χ2v) is 5.46. The van der Waals surface area contributed by atoms with Crippen molar-refractivity contribution in [2.24, 2.45) is 0 Å². The number of aromatic carboxylic acids is 1. The lowest BCUT2D eigenvalue weighted by Crippen LogP contribution is -2.12. The van der Waals surface area contributed by atoms with Crippen molar-refractivity contribution in [1.82, 2.24) is 15.0 Å². The first-order chi connectivity index (χ1) is 8.95. The van der Waals surface area contributed by atoms with E-state index in [1.165, 1.54) is 6.07 Å². The summed E-state index contributed by atoms with van der Waals surface area (Å²) < 4.78 is 0. The molecule has 1 atom stereocenters. The molecule has 0 aliphatic heterocycles. The van der Waals surface area contributed by atoms with E-state index < -0.39 is 5.97 Å². The average molecular weight is 278 g/mol. The molecular weight excluding hydrogens is 264 g/mol. The Hall–Kier alpha value is -2.02. The van der Waals surface area contributed by atoms with E-state index in [1.54, 1.807) is 24.5 Å². The highest BCUT2D eigenvalue weighted by atomic mass is 32.1. The number of thiazole rings is 1. The third-order valence-corrected chi connectivity index (χ3v) is 3.52. The van der Waals surface area contributed by atoms with Crippen LogP contribution >= 0.6 is 11.3 Å². The van der Waals surface area contributed by atoms with Crippen LogP contribution < -0.4 is 5.32 Å². The summed E-state index contributed by atoms with van der Waals surface area (Å²) in [6, 6.07) is 1.37. The van der Waals surface area contributed by atoms with Gasteiger partial charge in [-0.05, 0) is 26.8 Å². The van der Waals surface area contributed by atoms with Crippen LogP contribution in [0.4, 0.5) is 5.95 Å². The summed E-state index contributed by atoms with van der Waals surface area (Å²) in [4.78, 5) is 24.5. The van der Waals surface area contributed by atoms with Crippen molar-refractivity contribution in [3.63, 3.8) is 0 Å². The van der Waals surface area contributed by atoms with E-state index >= 15 is 0 Å². The highest BCUT2D eigenvalue weighted by Gasteiger charge is 2.13. The molecule has 100 valence electrons. The summed E-state index contributed by atoms with van der Waals surface area (Å²) in [5, 5.41) is 12.9. The van der Waals surface area contributed by atoms with Crippen molar-refractivity contribution < 1.29 is 9.90 Å². The third-order valence-electron chi connectivity index (χ3n) is 2.43. The highest BCUT2D eigenvalue weighted by Crippen LogP contribution is 2.21. The molecule has 2 rings (SSSR count). The fraction of sp³-hybridized carbons (Fsp3) is 0.333. The number of hydrogen-bond donors (Lipinski definition) is 2. The van der Waals surface area contributed by atoms with E-state index in [9.17, 15) is 4.79 Å². The van der Waals surface area contributed by atoms with Gasteiger partial charge in [0, 0.05) is 16.8 Å². The number of nitrogens with zero attached hydrogens (tertiary/aromatic N) is 3. The second kappa shape index (κ2) is 5.31. The zero-order chi connectivity index (χ0) is 14.0. The van der Waals surface area contributed by atoms with Gasteiger partial charge < -0.3 is 10.4 Å². The molecule has 2 aromatic rings. The Morgan fingerprint density at radius 1 is 1.42 bits per heavy atom. The summed E-state index contributed by atoms with van der Waals surface area (Å²) in [5.74, 6) is -0.760. The fourth-order valence-electron chi connectivity index (χ4n) is 1.57. The summed E-state index contributed by atoms with van der Waals surface area (Å²) in [6.07, 6.45) is 1.80. The minimum absolute atomic E-state index is 0.0162. The highest BCUT2D eigenvalue weighted by molar-refractivity contribution is 7.11. The SMILES string of the molecule is Cc1cc(C(=O)O)nc(NC(C)c2ncc(C)s2)n1. The maximum Gasteiger partial charge on any atom is 0.354 e. The van der Waals surface area contributed by atoms with E-state index in [2.05, 4.69) is 20.3 Å². The predicted molar refractivity (Wildman–Crippen MR) is 72.6 cm³/mol. The molecule has 2 aromatic heterocycles. The van der Waals surface area contributed by atoms with Crippen LogP contribution in [-0.2, 0) is 0 Å². The molecule has 0 radical (unpaired) electrons. The van der Waals surface area contributed by atoms with Crippen molar-refractivity contribution in [2.45, 2.75) is 26.8 Å². The molecule has 0 saturated heterocycles. The Morgan fingerprint density at radius 3 is 2.74 bits per heavy atom. The van der Waals surface area contributed by atoms with Crippen LogP contribution in [0.15, 0.2) is 12.3 Å². The standard InChI is InChI=1S/C12H14N4O2S/c1-6-4-9(11(17)18)16-12(14-6)15-8(3)10-13-5-7(2)19-10/h4-5,8H,1-3H3,(H,17,18)(H,14,15,16). The van der Waals surface area contributed by atoms with Crippen molar-refractivity contribution >= 4 is 23.3 Å². The quantitative estimate of drug-likeness (QED) is 0.893. The maximum atomic E-state index is 10.9. The van der Waals surface area contributed by atoms with E-state index in [0.717, 1.165) is 9.88 Å². The molecule has 2 N–H and O–H groups in total. The van der Waals surface area contributed by atoms with Crippen LogP contribution in [0.2, 0.25) is 0 Å². The number of carbonyl (C=O) groups is 1. The Morgan fingerprint density at radius 2 is 2.16 bits per heavy atom. The number of rotatable bonds is 4. The zero-order valence-electron chi connectivity index (χ0n) is 10.8. The number of hydrogen-bond acceptors (Lipinski definition) is 6. The average Bonchev–Trinajstić information content (AvgIpc) is 2.75. The van der Waals surface area contributed by atoms with Gasteiger partial charge >= 0.3 is 5.97 Å². The van der Waals surface area contributed by atoms with Gasteiger partial charge in [0.1, 0.15) is 5.01 Å². The van der Waals surface area contributed by atoms with Crippen LogP contribution in [0, 0.1) is 13.8 Å². The molecule has 0 fully saturated rings. The minimum Gasteiger partial charge on any atom is -0.477 e. The molecule has 2 heterocycles. The largest absolute Gasteiger partial charge is 0.477 e. The van der Waals surface area contributed by atoms with E-state index in [-0.39, 0.29) is 11.7 Å². The zero-order valence-corrected chi connectivity index (χ0v) is 11.7. The monoisotopic (exact) mass is 278 g/mol. The van der Waals surface area contributed by atoms with Crippen LogP contribution in [0.3, 0.4) is 0 Å². The first-order valence-electron chi connectivity index (χ1n) is 5.73.